The number of hydrogen-bond acceptors (Lipinski definition) is 2. The Hall–Kier alpha value is -0.830. The van der Waals surface area contributed by atoms with E-state index >= 15 is 0 Å². The van der Waals surface area contributed by atoms with Crippen molar-refractivity contribution in [2.45, 2.75) is 32.1 Å². The zero-order valence-electron chi connectivity index (χ0n) is 8.59. The number of Topliss-reactive ketones (excluding diaryl/α,β-unsaturated/α-hetero) is 1. The first-order valence-electron chi connectivity index (χ1n) is 4.69. The average Bonchev–Trinajstić information content (AvgIpc) is 2.81. The van der Waals surface area contributed by atoms with Gasteiger partial charge in [-0.3, -0.25) is 9.48 Å². The van der Waals surface area contributed by atoms with Crippen LogP contribution in [0.2, 0.25) is 5.15 Å². The molecule has 1 fully saturated rings. The van der Waals surface area contributed by atoms with Gasteiger partial charge in [-0.25, -0.2) is 0 Å². The highest BCUT2D eigenvalue weighted by molar-refractivity contribution is 6.31. The molecular formula is C10H13ClN2O. The molecule has 0 radical (unpaired) electrons. The van der Waals surface area contributed by atoms with E-state index in [2.05, 4.69) is 5.10 Å². The summed E-state index contributed by atoms with van der Waals surface area (Å²) < 4.78 is 1.63. The molecule has 1 aromatic rings. The van der Waals surface area contributed by atoms with Crippen LogP contribution < -0.4 is 0 Å². The SMILES string of the molecule is CC(=O)C1(c2c(C)nn(C)c2Cl)CC1. The molecule has 0 bridgehead atoms. The molecular weight excluding hydrogens is 200 g/mol. The number of nitrogens with zero attached hydrogens (tertiary/aromatic N) is 2. The van der Waals surface area contributed by atoms with Gasteiger partial charge >= 0.3 is 0 Å². The lowest BCUT2D eigenvalue weighted by Crippen LogP contribution is -2.17. The van der Waals surface area contributed by atoms with Gasteiger partial charge in [-0.1, -0.05) is 11.6 Å². The first-order valence-corrected chi connectivity index (χ1v) is 5.07. The van der Waals surface area contributed by atoms with E-state index in [1.165, 1.54) is 0 Å². The summed E-state index contributed by atoms with van der Waals surface area (Å²) >= 11 is 6.13. The number of rotatable bonds is 2. The van der Waals surface area contributed by atoms with E-state index in [0.717, 1.165) is 24.1 Å². The van der Waals surface area contributed by atoms with Crippen molar-refractivity contribution >= 4 is 17.4 Å². The van der Waals surface area contributed by atoms with Gasteiger partial charge < -0.3 is 0 Å². The topological polar surface area (TPSA) is 34.9 Å². The van der Waals surface area contributed by atoms with E-state index in [0.29, 0.717) is 5.15 Å². The molecule has 1 aliphatic rings. The second-order valence-corrected chi connectivity index (χ2v) is 4.37. The number of hydrogen-bond donors (Lipinski definition) is 0. The van der Waals surface area contributed by atoms with Crippen LogP contribution in [0.3, 0.4) is 0 Å². The number of aromatic nitrogens is 2. The van der Waals surface area contributed by atoms with Gasteiger partial charge in [-0.05, 0) is 26.7 Å². The lowest BCUT2D eigenvalue weighted by molar-refractivity contribution is -0.119. The molecule has 0 N–H and O–H groups in total. The van der Waals surface area contributed by atoms with Crippen LogP contribution in [0.5, 0.6) is 0 Å². The highest BCUT2D eigenvalue weighted by Crippen LogP contribution is 2.52. The van der Waals surface area contributed by atoms with Gasteiger partial charge in [0.2, 0.25) is 0 Å². The normalized spacial score (nSPS) is 18.3. The standard InChI is InChI=1S/C10H13ClN2O/c1-6-8(9(11)13(3)12-6)10(4-5-10)7(2)14/h4-5H2,1-3H3. The summed E-state index contributed by atoms with van der Waals surface area (Å²) in [6.07, 6.45) is 1.82. The summed E-state index contributed by atoms with van der Waals surface area (Å²) in [5.74, 6) is 0.204. The molecule has 0 unspecified atom stereocenters. The van der Waals surface area contributed by atoms with Crippen LogP contribution >= 0.6 is 11.6 Å². The molecule has 14 heavy (non-hydrogen) atoms. The van der Waals surface area contributed by atoms with E-state index in [9.17, 15) is 4.79 Å². The predicted molar refractivity (Wildman–Crippen MR) is 54.5 cm³/mol. The van der Waals surface area contributed by atoms with Crippen molar-refractivity contribution in [2.24, 2.45) is 7.05 Å². The van der Waals surface area contributed by atoms with Crippen molar-refractivity contribution in [3.05, 3.63) is 16.4 Å². The number of carbonyl (C=O) groups is 1. The van der Waals surface area contributed by atoms with Crippen LogP contribution in [0.15, 0.2) is 0 Å². The minimum atomic E-state index is -0.310. The van der Waals surface area contributed by atoms with Crippen molar-refractivity contribution in [3.8, 4) is 0 Å². The quantitative estimate of drug-likeness (QED) is 0.752. The van der Waals surface area contributed by atoms with E-state index in [1.807, 2.05) is 6.92 Å². The predicted octanol–water partition coefficient (Wildman–Crippen LogP) is 2.00. The van der Waals surface area contributed by atoms with Crippen LogP contribution in [0.25, 0.3) is 0 Å². The van der Waals surface area contributed by atoms with Crippen molar-refractivity contribution < 1.29 is 4.79 Å². The third kappa shape index (κ3) is 1.12. The largest absolute Gasteiger partial charge is 0.299 e. The van der Waals surface area contributed by atoms with Crippen molar-refractivity contribution in [3.63, 3.8) is 0 Å². The molecule has 1 aliphatic carbocycles. The molecule has 0 aromatic carbocycles. The number of aryl methyl sites for hydroxylation is 2. The molecule has 4 heteroatoms. The van der Waals surface area contributed by atoms with Crippen molar-refractivity contribution in [1.82, 2.24) is 9.78 Å². The minimum absolute atomic E-state index is 0.204. The molecule has 0 atom stereocenters. The molecule has 0 spiro atoms. The third-order valence-corrected chi connectivity index (χ3v) is 3.49. The van der Waals surface area contributed by atoms with Crippen LogP contribution in [0.1, 0.15) is 31.0 Å². The van der Waals surface area contributed by atoms with Gasteiger partial charge in [-0.2, -0.15) is 5.10 Å². The summed E-state index contributed by atoms with van der Waals surface area (Å²) in [7, 11) is 1.80. The molecule has 76 valence electrons. The van der Waals surface area contributed by atoms with Crippen LogP contribution in [0.4, 0.5) is 0 Å². The molecule has 3 nitrogen and oxygen atoms in total. The minimum Gasteiger partial charge on any atom is -0.299 e. The van der Waals surface area contributed by atoms with E-state index in [1.54, 1.807) is 18.7 Å². The molecule has 2 rings (SSSR count). The van der Waals surface area contributed by atoms with Crippen LogP contribution in [-0.2, 0) is 17.3 Å². The van der Waals surface area contributed by atoms with Crippen molar-refractivity contribution in [2.75, 3.05) is 0 Å². The van der Waals surface area contributed by atoms with Gasteiger partial charge in [-0.15, -0.1) is 0 Å². The summed E-state index contributed by atoms with van der Waals surface area (Å²) in [6.45, 7) is 3.54. The Morgan fingerprint density at radius 2 is 2.14 bits per heavy atom. The van der Waals surface area contributed by atoms with Crippen molar-refractivity contribution in [1.29, 1.82) is 0 Å². The molecule has 1 saturated carbocycles. The summed E-state index contributed by atoms with van der Waals surface area (Å²) in [5.41, 5.74) is 1.51. The highest BCUT2D eigenvalue weighted by atomic mass is 35.5. The number of carbonyl (C=O) groups excluding carboxylic acids is 1. The number of halogens is 1. The lowest BCUT2D eigenvalue weighted by Gasteiger charge is -2.10. The molecule has 1 heterocycles. The fourth-order valence-electron chi connectivity index (χ4n) is 2.08. The fourth-order valence-corrected chi connectivity index (χ4v) is 2.43. The molecule has 0 saturated heterocycles. The second kappa shape index (κ2) is 2.83. The molecule has 1 aromatic heterocycles. The summed E-state index contributed by atoms with van der Waals surface area (Å²) in [6, 6.07) is 0. The maximum absolute atomic E-state index is 11.5. The zero-order chi connectivity index (χ0) is 10.5. The van der Waals surface area contributed by atoms with Gasteiger partial charge in [0.25, 0.3) is 0 Å². The molecule has 0 amide bonds. The lowest BCUT2D eigenvalue weighted by atomic mass is 9.93. The maximum atomic E-state index is 11.5. The second-order valence-electron chi connectivity index (χ2n) is 4.01. The Labute approximate surface area is 88.1 Å². The Balaban J connectivity index is 2.56. The average molecular weight is 213 g/mol. The van der Waals surface area contributed by atoms with Gasteiger partial charge in [0, 0.05) is 12.6 Å². The zero-order valence-corrected chi connectivity index (χ0v) is 9.35. The summed E-state index contributed by atoms with van der Waals surface area (Å²) in [5, 5.41) is 4.84. The monoisotopic (exact) mass is 212 g/mol. The van der Waals surface area contributed by atoms with E-state index < -0.39 is 0 Å². The fraction of sp³-hybridized carbons (Fsp3) is 0.600. The van der Waals surface area contributed by atoms with E-state index in [-0.39, 0.29) is 11.2 Å². The smallest absolute Gasteiger partial charge is 0.140 e. The number of ketones is 1. The first-order chi connectivity index (χ1) is 6.49. The third-order valence-electron chi connectivity index (χ3n) is 3.05. The van der Waals surface area contributed by atoms with E-state index in [4.69, 9.17) is 11.6 Å². The van der Waals surface area contributed by atoms with Crippen LogP contribution in [0, 0.1) is 6.92 Å². The van der Waals surface area contributed by atoms with Crippen LogP contribution in [-0.4, -0.2) is 15.6 Å². The molecule has 0 aliphatic heterocycles. The highest BCUT2D eigenvalue weighted by Gasteiger charge is 2.52. The maximum Gasteiger partial charge on any atom is 0.140 e. The Morgan fingerprint density at radius 1 is 1.57 bits per heavy atom. The first kappa shape index (κ1) is 9.71. The Bertz CT molecular complexity index is 404. The summed E-state index contributed by atoms with van der Waals surface area (Å²) in [4.78, 5) is 11.5. The van der Waals surface area contributed by atoms with Gasteiger partial charge in [0.1, 0.15) is 10.9 Å². The Kier molecular flexibility index (Phi) is 1.96. The Morgan fingerprint density at radius 3 is 2.43 bits per heavy atom. The van der Waals surface area contributed by atoms with Gasteiger partial charge in [0.05, 0.1) is 11.1 Å². The van der Waals surface area contributed by atoms with Gasteiger partial charge in [0.15, 0.2) is 0 Å².